The van der Waals surface area contributed by atoms with Crippen molar-refractivity contribution < 1.29 is 0 Å². The summed E-state index contributed by atoms with van der Waals surface area (Å²) in [6.45, 7) is 26.0. The molecule has 0 amide bonds. The molecule has 0 unspecified atom stereocenters. The molecule has 0 fully saturated rings. The van der Waals surface area contributed by atoms with E-state index in [9.17, 15) is 0 Å². The number of hydrogen-bond donors (Lipinski definition) is 0. The molecule has 0 aliphatic heterocycles. The van der Waals surface area contributed by atoms with Gasteiger partial charge in [-0.2, -0.15) is 0 Å². The molecule has 0 spiro atoms. The Morgan fingerprint density at radius 2 is 0.745 bits per heavy atom. The van der Waals surface area contributed by atoms with Crippen LogP contribution >= 0.6 is 0 Å². The van der Waals surface area contributed by atoms with Gasteiger partial charge in [-0.25, -0.2) is 15.3 Å². The van der Waals surface area contributed by atoms with E-state index in [1.807, 2.05) is 0 Å². The van der Waals surface area contributed by atoms with E-state index in [1.54, 1.807) is 0 Å². The van der Waals surface area contributed by atoms with Gasteiger partial charge in [0.2, 0.25) is 0 Å². The SMILES string of the molecule is Cc1cc(C)c(-c2cc(C)n([BH-](n3nc(-c4c(C)cc(C)cc4C)cc3C)n3nc(C)cc3-c3c(C)cc(C)cc3C)n2)c(C)c1.[Tl+]. The van der Waals surface area contributed by atoms with Gasteiger partial charge in [-0.3, -0.25) is 0 Å². The van der Waals surface area contributed by atoms with Crippen LogP contribution in [0.5, 0.6) is 0 Å². The first-order chi connectivity index (χ1) is 21.7. The van der Waals surface area contributed by atoms with Gasteiger partial charge in [-0.1, -0.05) is 53.1 Å². The van der Waals surface area contributed by atoms with Gasteiger partial charge in [-0.05, 0) is 146 Å². The fourth-order valence-corrected chi connectivity index (χ4v) is 7.93. The van der Waals surface area contributed by atoms with Gasteiger partial charge in [0.25, 0.3) is 0 Å². The Hall–Kier alpha value is -3.72. The van der Waals surface area contributed by atoms with Crippen LogP contribution in [0.4, 0.5) is 0 Å². The van der Waals surface area contributed by atoms with Crippen LogP contribution < -0.4 is 0 Å². The Labute approximate surface area is 300 Å². The maximum atomic E-state index is 5.39. The first kappa shape index (κ1) is 34.6. The summed E-state index contributed by atoms with van der Waals surface area (Å²) >= 11 is 0. The number of aromatic nitrogens is 6. The van der Waals surface area contributed by atoms with Gasteiger partial charge in [0.05, 0.1) is 17.1 Å². The monoisotopic (exact) mass is 814 g/mol. The fraction of sp³-hybridized carbons (Fsp3) is 0.308. The standard InChI is InChI=1S/C39H46BN6.Tl/c1-22-13-25(4)37(26(5)14-22)34-20-32(11)44(42-34)40(45-33(12)21-35(43-45)38-27(6)15-23(2)16-28(38)7)46-36(19-31(10)41-46)39-29(8)17-24(3)18-30(39)9;/h13-21,40H,1-12H3;/q-1;+1. The Kier molecular flexibility index (Phi) is 9.61. The van der Waals surface area contributed by atoms with E-state index in [2.05, 4.69) is 151 Å². The predicted molar refractivity (Wildman–Crippen MR) is 199 cm³/mol. The fourth-order valence-electron chi connectivity index (χ4n) is 7.93. The van der Waals surface area contributed by atoms with Crippen molar-refractivity contribution >= 4 is 34.4 Å². The van der Waals surface area contributed by atoms with E-state index >= 15 is 0 Å². The summed E-state index contributed by atoms with van der Waals surface area (Å²) in [5, 5.41) is 16.0. The smallest absolute Gasteiger partial charge is 0.400 e. The van der Waals surface area contributed by atoms with Crippen molar-refractivity contribution in [1.29, 1.82) is 0 Å². The average Bonchev–Trinajstić information content (AvgIpc) is 3.60. The molecule has 6 rings (SSSR count). The second-order valence-corrected chi connectivity index (χ2v) is 13.8. The predicted octanol–water partition coefficient (Wildman–Crippen LogP) is 8.26. The van der Waals surface area contributed by atoms with Crippen molar-refractivity contribution in [1.82, 2.24) is 29.1 Å². The minimum absolute atomic E-state index is 0. The molecule has 0 atom stereocenters. The Morgan fingerprint density at radius 1 is 0.404 bits per heavy atom. The van der Waals surface area contributed by atoms with Crippen molar-refractivity contribution in [2.75, 3.05) is 0 Å². The van der Waals surface area contributed by atoms with Gasteiger partial charge in [0, 0.05) is 22.4 Å². The molecule has 6 aromatic rings. The first-order valence-electron chi connectivity index (χ1n) is 16.3. The molecule has 0 aliphatic rings. The van der Waals surface area contributed by atoms with Crippen molar-refractivity contribution in [2.45, 2.75) is 83.1 Å². The van der Waals surface area contributed by atoms with E-state index in [-0.39, 0.29) is 27.3 Å². The molecule has 0 bridgehead atoms. The van der Waals surface area contributed by atoms with Crippen molar-refractivity contribution in [3.63, 3.8) is 0 Å². The van der Waals surface area contributed by atoms with Crippen molar-refractivity contribution in [3.8, 4) is 33.8 Å². The topological polar surface area (TPSA) is 53.5 Å². The van der Waals surface area contributed by atoms with Crippen molar-refractivity contribution in [2.24, 2.45) is 0 Å². The van der Waals surface area contributed by atoms with E-state index < -0.39 is 7.12 Å². The number of hydrogen-bond acceptors (Lipinski definition) is 3. The third-order valence-corrected chi connectivity index (χ3v) is 9.47. The van der Waals surface area contributed by atoms with Crippen LogP contribution in [0, 0.1) is 83.1 Å². The van der Waals surface area contributed by atoms with Crippen LogP contribution in [0.25, 0.3) is 33.8 Å². The third kappa shape index (κ3) is 6.31. The van der Waals surface area contributed by atoms with E-state index in [0.29, 0.717) is 0 Å². The van der Waals surface area contributed by atoms with Gasteiger partial charge in [0.1, 0.15) is 0 Å². The zero-order chi connectivity index (χ0) is 33.2. The Bertz CT molecular complexity index is 1980. The van der Waals surface area contributed by atoms with Crippen LogP contribution in [-0.2, 0) is 0 Å². The van der Waals surface area contributed by atoms with Gasteiger partial charge >= 0.3 is 34.4 Å². The summed E-state index contributed by atoms with van der Waals surface area (Å²) in [6, 6.07) is 20.2. The average molecular weight is 814 g/mol. The second-order valence-electron chi connectivity index (χ2n) is 13.8. The quantitative estimate of drug-likeness (QED) is 0.159. The number of benzene rings is 3. The molecule has 0 saturated carbocycles. The zero-order valence-corrected chi connectivity index (χ0v) is 34.7. The largest absolute Gasteiger partial charge is 1.00 e. The van der Waals surface area contributed by atoms with Gasteiger partial charge in [-0.15, -0.1) is 0 Å². The third-order valence-electron chi connectivity index (χ3n) is 9.47. The molecule has 0 N–H and O–H groups in total. The molecule has 238 valence electrons. The summed E-state index contributed by atoms with van der Waals surface area (Å²) in [7, 11) is -1.69. The zero-order valence-electron chi connectivity index (χ0n) is 30.2. The molecule has 3 heterocycles. The molecule has 6 nitrogen and oxygen atoms in total. The normalized spacial score (nSPS) is 11.4. The Morgan fingerprint density at radius 3 is 1.11 bits per heavy atom. The molecule has 0 radical (unpaired) electrons. The summed E-state index contributed by atoms with van der Waals surface area (Å²) in [6.07, 6.45) is 0. The maximum Gasteiger partial charge on any atom is 1.00 e. The summed E-state index contributed by atoms with van der Waals surface area (Å²) in [5.41, 5.74) is 21.0. The van der Waals surface area contributed by atoms with Gasteiger partial charge in [0.15, 0.2) is 0 Å². The molecular formula is C39H46BN6Tl. The number of rotatable bonds is 6. The maximum absolute atomic E-state index is 5.39. The molecule has 8 heteroatoms. The second kappa shape index (κ2) is 13.1. The molecule has 0 aliphatic carbocycles. The number of aryl methyl sites for hydroxylation is 12. The molecule has 3 aromatic heterocycles. The van der Waals surface area contributed by atoms with E-state index in [4.69, 9.17) is 15.3 Å². The minimum atomic E-state index is -1.69. The van der Waals surface area contributed by atoms with E-state index in [0.717, 1.165) is 34.2 Å². The van der Waals surface area contributed by atoms with Crippen LogP contribution in [0.1, 0.15) is 67.2 Å². The molecule has 3 aromatic carbocycles. The van der Waals surface area contributed by atoms with Crippen LogP contribution in [0.3, 0.4) is 0 Å². The first-order valence-corrected chi connectivity index (χ1v) is 16.3. The molecule has 0 saturated heterocycles. The van der Waals surface area contributed by atoms with E-state index in [1.165, 1.54) is 66.8 Å². The van der Waals surface area contributed by atoms with Crippen LogP contribution in [-0.4, -0.2) is 63.5 Å². The Balaban J connectivity index is 0.00000433. The summed E-state index contributed by atoms with van der Waals surface area (Å²) in [5.74, 6) is 0. The van der Waals surface area contributed by atoms with Crippen molar-refractivity contribution in [3.05, 3.63) is 122 Å². The summed E-state index contributed by atoms with van der Waals surface area (Å²) in [4.78, 5) is 0. The molecule has 47 heavy (non-hydrogen) atoms. The summed E-state index contributed by atoms with van der Waals surface area (Å²) < 4.78 is 6.57. The van der Waals surface area contributed by atoms with Gasteiger partial charge < -0.3 is 13.8 Å². The molecular weight excluding hydrogens is 768 g/mol. The van der Waals surface area contributed by atoms with Crippen LogP contribution in [0.2, 0.25) is 0 Å². The number of nitrogens with zero attached hydrogens (tertiary/aromatic N) is 6. The van der Waals surface area contributed by atoms with Crippen LogP contribution in [0.15, 0.2) is 54.6 Å². The minimum Gasteiger partial charge on any atom is -0.400 e.